The molecule has 3 N–H and O–H groups in total. The van der Waals surface area contributed by atoms with Crippen LogP contribution in [0.3, 0.4) is 0 Å². The third-order valence-corrected chi connectivity index (χ3v) is 3.44. The SMILES string of the molecule is CCC(C)(C)NC(=O)Nc1ccc(C(C)NC)cc1. The summed E-state index contributed by atoms with van der Waals surface area (Å²) in [6.07, 6.45) is 0.888. The number of anilines is 1. The molecule has 0 fully saturated rings. The van der Waals surface area contributed by atoms with Gasteiger partial charge in [0.2, 0.25) is 0 Å². The average Bonchev–Trinajstić information content (AvgIpc) is 2.38. The van der Waals surface area contributed by atoms with E-state index in [0.717, 1.165) is 12.1 Å². The standard InChI is InChI=1S/C15H25N3O/c1-6-15(3,4)18-14(19)17-13-9-7-12(8-10-13)11(2)16-5/h7-11,16H,6H2,1-5H3,(H2,17,18,19). The van der Waals surface area contributed by atoms with Crippen molar-refractivity contribution in [1.82, 2.24) is 10.6 Å². The van der Waals surface area contributed by atoms with E-state index < -0.39 is 0 Å². The number of carbonyl (C=O) groups excluding carboxylic acids is 1. The highest BCUT2D eigenvalue weighted by Gasteiger charge is 2.17. The van der Waals surface area contributed by atoms with Gasteiger partial charge in [0, 0.05) is 17.3 Å². The zero-order valence-electron chi connectivity index (χ0n) is 12.5. The van der Waals surface area contributed by atoms with E-state index in [4.69, 9.17) is 0 Å². The van der Waals surface area contributed by atoms with Gasteiger partial charge in [-0.2, -0.15) is 0 Å². The molecular weight excluding hydrogens is 238 g/mol. The number of rotatable bonds is 5. The molecule has 2 amide bonds. The van der Waals surface area contributed by atoms with Crippen molar-refractivity contribution < 1.29 is 4.79 Å². The van der Waals surface area contributed by atoms with Gasteiger partial charge in [-0.1, -0.05) is 19.1 Å². The van der Waals surface area contributed by atoms with E-state index in [0.29, 0.717) is 6.04 Å². The van der Waals surface area contributed by atoms with Gasteiger partial charge in [0.1, 0.15) is 0 Å². The second-order valence-electron chi connectivity index (χ2n) is 5.45. The summed E-state index contributed by atoms with van der Waals surface area (Å²) in [6, 6.07) is 8.01. The molecule has 0 aromatic heterocycles. The second-order valence-corrected chi connectivity index (χ2v) is 5.45. The topological polar surface area (TPSA) is 53.2 Å². The van der Waals surface area contributed by atoms with Crippen molar-refractivity contribution in [1.29, 1.82) is 0 Å². The van der Waals surface area contributed by atoms with Crippen LogP contribution in [0.5, 0.6) is 0 Å². The normalized spacial score (nSPS) is 12.9. The van der Waals surface area contributed by atoms with Crippen LogP contribution in [0.1, 0.15) is 45.7 Å². The van der Waals surface area contributed by atoms with Gasteiger partial charge in [0.25, 0.3) is 0 Å². The number of hydrogen-bond acceptors (Lipinski definition) is 2. The van der Waals surface area contributed by atoms with Gasteiger partial charge in [0.05, 0.1) is 0 Å². The maximum absolute atomic E-state index is 11.8. The lowest BCUT2D eigenvalue weighted by Crippen LogP contribution is -2.45. The fourth-order valence-corrected chi connectivity index (χ4v) is 1.58. The average molecular weight is 263 g/mol. The zero-order valence-corrected chi connectivity index (χ0v) is 12.5. The number of nitrogens with one attached hydrogen (secondary N) is 3. The fraction of sp³-hybridized carbons (Fsp3) is 0.533. The molecule has 0 bridgehead atoms. The number of amides is 2. The molecule has 0 aliphatic carbocycles. The van der Waals surface area contributed by atoms with Crippen LogP contribution in [-0.4, -0.2) is 18.6 Å². The molecule has 0 spiro atoms. The highest BCUT2D eigenvalue weighted by Crippen LogP contribution is 2.16. The molecule has 0 saturated carbocycles. The molecule has 0 saturated heterocycles. The minimum absolute atomic E-state index is 0.165. The second kappa shape index (κ2) is 6.57. The number of benzene rings is 1. The lowest BCUT2D eigenvalue weighted by molar-refractivity contribution is 0.240. The molecule has 4 nitrogen and oxygen atoms in total. The molecule has 0 aliphatic heterocycles. The van der Waals surface area contributed by atoms with Crippen LogP contribution in [0.25, 0.3) is 0 Å². The van der Waals surface area contributed by atoms with Crippen molar-refractivity contribution in [2.45, 2.75) is 45.7 Å². The summed E-state index contributed by atoms with van der Waals surface area (Å²) in [6.45, 7) is 8.15. The Labute approximate surface area is 116 Å². The summed E-state index contributed by atoms with van der Waals surface area (Å²) in [5, 5.41) is 8.97. The Balaban J connectivity index is 2.61. The molecule has 1 rings (SSSR count). The molecule has 4 heteroatoms. The lowest BCUT2D eigenvalue weighted by Gasteiger charge is -2.24. The van der Waals surface area contributed by atoms with E-state index in [1.165, 1.54) is 5.56 Å². The molecule has 1 aromatic rings. The summed E-state index contributed by atoms with van der Waals surface area (Å²) in [4.78, 5) is 11.8. The van der Waals surface area contributed by atoms with E-state index in [1.807, 2.05) is 52.1 Å². The van der Waals surface area contributed by atoms with Crippen LogP contribution in [0.2, 0.25) is 0 Å². The summed E-state index contributed by atoms with van der Waals surface area (Å²) >= 11 is 0. The first-order valence-corrected chi connectivity index (χ1v) is 6.74. The summed E-state index contributed by atoms with van der Waals surface area (Å²) < 4.78 is 0. The van der Waals surface area contributed by atoms with Crippen LogP contribution < -0.4 is 16.0 Å². The predicted octanol–water partition coefficient (Wildman–Crippen LogP) is 3.28. The molecule has 19 heavy (non-hydrogen) atoms. The minimum Gasteiger partial charge on any atom is -0.333 e. The van der Waals surface area contributed by atoms with E-state index in [2.05, 4.69) is 22.9 Å². The Kier molecular flexibility index (Phi) is 5.36. The Morgan fingerprint density at radius 2 is 1.84 bits per heavy atom. The first kappa shape index (κ1) is 15.5. The Hall–Kier alpha value is -1.55. The fourth-order valence-electron chi connectivity index (χ4n) is 1.58. The van der Waals surface area contributed by atoms with Crippen molar-refractivity contribution in [3.8, 4) is 0 Å². The molecule has 1 atom stereocenters. The van der Waals surface area contributed by atoms with Crippen molar-refractivity contribution in [2.24, 2.45) is 0 Å². The Morgan fingerprint density at radius 3 is 2.32 bits per heavy atom. The third kappa shape index (κ3) is 4.91. The van der Waals surface area contributed by atoms with Gasteiger partial charge >= 0.3 is 6.03 Å². The van der Waals surface area contributed by atoms with Crippen LogP contribution in [0.4, 0.5) is 10.5 Å². The van der Waals surface area contributed by atoms with Crippen LogP contribution in [-0.2, 0) is 0 Å². The largest absolute Gasteiger partial charge is 0.333 e. The van der Waals surface area contributed by atoms with Crippen molar-refractivity contribution in [2.75, 3.05) is 12.4 Å². The number of hydrogen-bond donors (Lipinski definition) is 3. The lowest BCUT2D eigenvalue weighted by atomic mass is 10.0. The van der Waals surface area contributed by atoms with Gasteiger partial charge in [-0.05, 0) is 51.9 Å². The first-order valence-electron chi connectivity index (χ1n) is 6.74. The van der Waals surface area contributed by atoms with E-state index in [9.17, 15) is 4.79 Å². The molecule has 0 heterocycles. The van der Waals surface area contributed by atoms with Gasteiger partial charge in [-0.15, -0.1) is 0 Å². The van der Waals surface area contributed by atoms with E-state index in [-0.39, 0.29) is 11.6 Å². The summed E-state index contributed by atoms with van der Waals surface area (Å²) in [5.41, 5.74) is 1.81. The van der Waals surface area contributed by atoms with Gasteiger partial charge in [0.15, 0.2) is 0 Å². The highest BCUT2D eigenvalue weighted by atomic mass is 16.2. The van der Waals surface area contributed by atoms with Crippen molar-refractivity contribution in [3.05, 3.63) is 29.8 Å². The first-order chi connectivity index (χ1) is 8.88. The predicted molar refractivity (Wildman–Crippen MR) is 80.4 cm³/mol. The van der Waals surface area contributed by atoms with E-state index in [1.54, 1.807) is 0 Å². The van der Waals surface area contributed by atoms with Gasteiger partial charge < -0.3 is 16.0 Å². The van der Waals surface area contributed by atoms with E-state index >= 15 is 0 Å². The number of carbonyl (C=O) groups is 1. The molecule has 106 valence electrons. The monoisotopic (exact) mass is 263 g/mol. The third-order valence-electron chi connectivity index (χ3n) is 3.44. The van der Waals surface area contributed by atoms with Crippen LogP contribution >= 0.6 is 0 Å². The van der Waals surface area contributed by atoms with Crippen molar-refractivity contribution in [3.63, 3.8) is 0 Å². The van der Waals surface area contributed by atoms with Gasteiger partial charge in [-0.3, -0.25) is 0 Å². The molecular formula is C15H25N3O. The maximum atomic E-state index is 11.8. The molecule has 0 aliphatic rings. The molecule has 1 aromatic carbocycles. The molecule has 1 unspecified atom stereocenters. The highest BCUT2D eigenvalue weighted by molar-refractivity contribution is 5.89. The Morgan fingerprint density at radius 1 is 1.26 bits per heavy atom. The Bertz CT molecular complexity index is 412. The number of urea groups is 1. The zero-order chi connectivity index (χ0) is 14.5. The minimum atomic E-state index is -0.190. The van der Waals surface area contributed by atoms with Crippen LogP contribution in [0, 0.1) is 0 Å². The smallest absolute Gasteiger partial charge is 0.319 e. The van der Waals surface area contributed by atoms with Crippen LogP contribution in [0.15, 0.2) is 24.3 Å². The summed E-state index contributed by atoms with van der Waals surface area (Å²) in [7, 11) is 1.93. The quantitative estimate of drug-likeness (QED) is 0.763. The molecule has 0 radical (unpaired) electrons. The summed E-state index contributed by atoms with van der Waals surface area (Å²) in [5.74, 6) is 0. The van der Waals surface area contributed by atoms with Gasteiger partial charge in [-0.25, -0.2) is 4.79 Å². The maximum Gasteiger partial charge on any atom is 0.319 e. The van der Waals surface area contributed by atoms with Crippen molar-refractivity contribution >= 4 is 11.7 Å².